The second-order valence-electron chi connectivity index (χ2n) is 11.4. The molecule has 1 spiro atoms. The van der Waals surface area contributed by atoms with E-state index in [9.17, 15) is 41.0 Å². The van der Waals surface area contributed by atoms with Gasteiger partial charge in [0.1, 0.15) is 0 Å². The van der Waals surface area contributed by atoms with Crippen LogP contribution in [0.4, 0.5) is 31.1 Å². The SMILES string of the molecule is Cc1ccc(CN2CCCC23CCN(C(=O)OC(C(F)(F)F)C(F)(F)F)CC3)c(CCCC(C)(C)C(=O)O)c1. The van der Waals surface area contributed by atoms with Crippen LogP contribution in [-0.4, -0.2) is 70.6 Å². The third-order valence-corrected chi connectivity index (χ3v) is 8.06. The summed E-state index contributed by atoms with van der Waals surface area (Å²) in [6.07, 6.45) is -12.8. The van der Waals surface area contributed by atoms with Crippen LogP contribution in [0.3, 0.4) is 0 Å². The van der Waals surface area contributed by atoms with Crippen LogP contribution >= 0.6 is 0 Å². The van der Waals surface area contributed by atoms with Crippen molar-refractivity contribution in [2.45, 2.75) is 96.3 Å². The number of piperidine rings is 1. The van der Waals surface area contributed by atoms with Crippen molar-refractivity contribution in [3.8, 4) is 0 Å². The van der Waals surface area contributed by atoms with Crippen molar-refractivity contribution < 1.29 is 45.8 Å². The Morgan fingerprint density at radius 1 is 1.00 bits per heavy atom. The van der Waals surface area contributed by atoms with Crippen LogP contribution in [0.15, 0.2) is 18.2 Å². The molecule has 12 heteroatoms. The van der Waals surface area contributed by atoms with Crippen LogP contribution in [0.25, 0.3) is 0 Å². The number of hydrogen-bond acceptors (Lipinski definition) is 4. The van der Waals surface area contributed by atoms with Crippen molar-refractivity contribution in [3.63, 3.8) is 0 Å². The van der Waals surface area contributed by atoms with Crippen molar-refractivity contribution in [3.05, 3.63) is 34.9 Å². The number of benzene rings is 1. The van der Waals surface area contributed by atoms with Gasteiger partial charge < -0.3 is 14.7 Å². The maximum absolute atomic E-state index is 12.8. The van der Waals surface area contributed by atoms with Gasteiger partial charge in [0.25, 0.3) is 6.10 Å². The van der Waals surface area contributed by atoms with Gasteiger partial charge in [-0.25, -0.2) is 4.79 Å². The van der Waals surface area contributed by atoms with E-state index in [1.165, 1.54) is 0 Å². The number of aliphatic carboxylic acids is 1. The molecule has 3 rings (SSSR count). The van der Waals surface area contributed by atoms with Crippen LogP contribution in [0.2, 0.25) is 0 Å². The summed E-state index contributed by atoms with van der Waals surface area (Å²) in [5.41, 5.74) is 2.19. The highest BCUT2D eigenvalue weighted by Gasteiger charge is 2.60. The summed E-state index contributed by atoms with van der Waals surface area (Å²) in [4.78, 5) is 26.9. The summed E-state index contributed by atoms with van der Waals surface area (Å²) in [7, 11) is 0. The minimum Gasteiger partial charge on any atom is -0.481 e. The molecule has 0 aliphatic carbocycles. The number of ether oxygens (including phenoxy) is 1. The van der Waals surface area contributed by atoms with Crippen molar-refractivity contribution in [2.75, 3.05) is 19.6 Å². The van der Waals surface area contributed by atoms with Crippen molar-refractivity contribution in [1.29, 1.82) is 0 Å². The Balaban J connectivity index is 1.65. The topological polar surface area (TPSA) is 70.1 Å². The molecule has 6 nitrogen and oxygen atoms in total. The van der Waals surface area contributed by atoms with E-state index in [1.54, 1.807) is 13.8 Å². The number of halogens is 6. The van der Waals surface area contributed by atoms with Gasteiger partial charge in [-0.15, -0.1) is 0 Å². The Morgan fingerprint density at radius 3 is 2.18 bits per heavy atom. The average Bonchev–Trinajstić information content (AvgIpc) is 3.19. The lowest BCUT2D eigenvalue weighted by molar-refractivity contribution is -0.308. The van der Waals surface area contributed by atoms with E-state index in [0.717, 1.165) is 41.0 Å². The van der Waals surface area contributed by atoms with E-state index in [1.807, 2.05) is 13.0 Å². The Bertz CT molecular complexity index is 1020. The quantitative estimate of drug-likeness (QED) is 0.365. The van der Waals surface area contributed by atoms with Gasteiger partial charge in [0, 0.05) is 25.2 Å². The fourth-order valence-electron chi connectivity index (χ4n) is 5.58. The number of hydrogen-bond donors (Lipinski definition) is 1. The van der Waals surface area contributed by atoms with Gasteiger partial charge in [0.15, 0.2) is 0 Å². The fourth-order valence-corrected chi connectivity index (χ4v) is 5.58. The summed E-state index contributed by atoms with van der Waals surface area (Å²) in [6, 6.07) is 6.17. The number of carboxylic acid groups (broad SMARTS) is 1. The van der Waals surface area contributed by atoms with Gasteiger partial charge in [0.05, 0.1) is 5.41 Å². The minimum absolute atomic E-state index is 0.00277. The molecule has 0 bridgehead atoms. The highest BCUT2D eigenvalue weighted by molar-refractivity contribution is 5.73. The molecule has 0 atom stereocenters. The van der Waals surface area contributed by atoms with Gasteiger partial charge in [0.2, 0.25) is 0 Å². The van der Waals surface area contributed by atoms with E-state index < -0.39 is 35.9 Å². The van der Waals surface area contributed by atoms with Gasteiger partial charge in [-0.3, -0.25) is 9.69 Å². The average molecular weight is 567 g/mol. The largest absolute Gasteiger partial charge is 0.481 e. The lowest BCUT2D eigenvalue weighted by atomic mass is 9.84. The number of carbonyl (C=O) groups excluding carboxylic acids is 1. The number of nitrogens with zero attached hydrogens (tertiary/aromatic N) is 2. The first-order valence-electron chi connectivity index (χ1n) is 13.1. The molecule has 2 saturated heterocycles. The lowest BCUT2D eigenvalue weighted by Gasteiger charge is -2.45. The number of carboxylic acids is 1. The van der Waals surface area contributed by atoms with E-state index in [0.29, 0.717) is 38.6 Å². The van der Waals surface area contributed by atoms with Gasteiger partial charge in [-0.05, 0) is 83.4 Å². The molecule has 0 aromatic heterocycles. The third-order valence-electron chi connectivity index (χ3n) is 8.06. The molecule has 220 valence electrons. The van der Waals surface area contributed by atoms with Gasteiger partial charge in [-0.2, -0.15) is 26.3 Å². The Hall–Kier alpha value is -2.50. The zero-order chi connectivity index (χ0) is 29.2. The Morgan fingerprint density at radius 2 is 1.62 bits per heavy atom. The Kier molecular flexibility index (Phi) is 9.19. The Labute approximate surface area is 224 Å². The number of carbonyl (C=O) groups is 2. The maximum Gasteiger partial charge on any atom is 0.434 e. The molecule has 2 fully saturated rings. The molecule has 2 aliphatic rings. The van der Waals surface area contributed by atoms with Crippen LogP contribution in [0.5, 0.6) is 0 Å². The fraction of sp³-hybridized carbons (Fsp3) is 0.704. The summed E-state index contributed by atoms with van der Waals surface area (Å²) in [6.45, 7) is 6.80. The molecular weight excluding hydrogens is 530 g/mol. The first kappa shape index (κ1) is 31.0. The molecular formula is C27H36F6N2O4. The molecule has 2 heterocycles. The van der Waals surface area contributed by atoms with Crippen molar-refractivity contribution in [1.82, 2.24) is 9.80 Å². The first-order valence-corrected chi connectivity index (χ1v) is 13.1. The molecule has 2 aliphatic heterocycles. The summed E-state index contributed by atoms with van der Waals surface area (Å²) < 4.78 is 80.8. The highest BCUT2D eigenvalue weighted by Crippen LogP contribution is 2.41. The predicted molar refractivity (Wildman–Crippen MR) is 131 cm³/mol. The summed E-state index contributed by atoms with van der Waals surface area (Å²) >= 11 is 0. The summed E-state index contributed by atoms with van der Waals surface area (Å²) in [5.74, 6) is -0.839. The van der Waals surface area contributed by atoms with E-state index in [-0.39, 0.29) is 18.6 Å². The van der Waals surface area contributed by atoms with Gasteiger partial charge >= 0.3 is 24.4 Å². The second kappa shape index (κ2) is 11.5. The molecule has 0 radical (unpaired) electrons. The van der Waals surface area contributed by atoms with Crippen molar-refractivity contribution in [2.24, 2.45) is 5.41 Å². The summed E-state index contributed by atoms with van der Waals surface area (Å²) in [5, 5.41) is 9.40. The van der Waals surface area contributed by atoms with Crippen LogP contribution < -0.4 is 0 Å². The van der Waals surface area contributed by atoms with E-state index >= 15 is 0 Å². The number of alkyl halides is 6. The van der Waals surface area contributed by atoms with Crippen molar-refractivity contribution >= 4 is 12.1 Å². The normalized spacial score (nSPS) is 18.7. The molecule has 39 heavy (non-hydrogen) atoms. The molecule has 1 amide bonds. The smallest absolute Gasteiger partial charge is 0.434 e. The standard InChI is InChI=1S/C27H36F6N2O4/c1-18-7-8-20(19(16-18)6-4-9-24(2,3)22(36)37)17-35-13-5-10-25(35)11-14-34(15-12-25)23(38)39-21(26(28,29)30)27(31,32)33/h7-8,16,21H,4-6,9-15,17H2,1-3H3,(H,36,37). The molecule has 1 N–H and O–H groups in total. The van der Waals surface area contributed by atoms with Gasteiger partial charge in [-0.1, -0.05) is 23.8 Å². The second-order valence-corrected chi connectivity index (χ2v) is 11.4. The zero-order valence-corrected chi connectivity index (χ0v) is 22.4. The van der Waals surface area contributed by atoms with Crippen LogP contribution in [-0.2, 0) is 22.5 Å². The molecule has 1 aromatic carbocycles. The predicted octanol–water partition coefficient (Wildman–Crippen LogP) is 6.49. The monoisotopic (exact) mass is 566 g/mol. The molecule has 0 unspecified atom stereocenters. The third kappa shape index (κ3) is 7.58. The highest BCUT2D eigenvalue weighted by atomic mass is 19.4. The number of aryl methyl sites for hydroxylation is 2. The number of amides is 1. The van der Waals surface area contributed by atoms with E-state index in [4.69, 9.17) is 0 Å². The molecule has 0 saturated carbocycles. The number of rotatable bonds is 8. The number of likely N-dealkylation sites (tertiary alicyclic amines) is 2. The lowest BCUT2D eigenvalue weighted by Crippen LogP contribution is -2.54. The van der Waals surface area contributed by atoms with Crippen LogP contribution in [0, 0.1) is 12.3 Å². The maximum atomic E-state index is 12.8. The zero-order valence-electron chi connectivity index (χ0n) is 22.4. The minimum atomic E-state index is -5.75. The first-order chi connectivity index (χ1) is 17.9. The van der Waals surface area contributed by atoms with E-state index in [2.05, 4.69) is 21.8 Å². The van der Waals surface area contributed by atoms with Crippen LogP contribution in [0.1, 0.15) is 69.1 Å². The molecule has 1 aromatic rings.